The van der Waals surface area contributed by atoms with E-state index in [1.165, 1.54) is 0 Å². The summed E-state index contributed by atoms with van der Waals surface area (Å²) in [6.07, 6.45) is 4.71. The van der Waals surface area contributed by atoms with Crippen molar-refractivity contribution >= 4 is 11.9 Å². The number of esters is 2. The number of ether oxygens (including phenoxy) is 2. The van der Waals surface area contributed by atoms with Crippen molar-refractivity contribution in [2.75, 3.05) is 6.61 Å². The van der Waals surface area contributed by atoms with Gasteiger partial charge in [-0.15, -0.1) is 0 Å². The molecule has 2 saturated carbocycles. The van der Waals surface area contributed by atoms with Gasteiger partial charge in [-0.3, -0.25) is 4.79 Å². The predicted molar refractivity (Wildman–Crippen MR) is 168 cm³/mol. The second kappa shape index (κ2) is 12.5. The van der Waals surface area contributed by atoms with E-state index in [-0.39, 0.29) is 29.9 Å². The average molecular weight is 645 g/mol. The lowest BCUT2D eigenvalue weighted by molar-refractivity contribution is -0.207. The molecule has 5 rings (SSSR count). The van der Waals surface area contributed by atoms with E-state index in [0.717, 1.165) is 25.7 Å². The maximum Gasteiger partial charge on any atom is 0.344 e. The molecular formula is C35H52N2O9. The third-order valence-corrected chi connectivity index (χ3v) is 11.7. The highest BCUT2D eigenvalue weighted by atomic mass is 16.6. The van der Waals surface area contributed by atoms with Gasteiger partial charge in [-0.1, -0.05) is 77.6 Å². The van der Waals surface area contributed by atoms with Crippen LogP contribution in [0.4, 0.5) is 0 Å². The first-order valence-corrected chi connectivity index (χ1v) is 17.0. The van der Waals surface area contributed by atoms with Crippen LogP contribution in [0.3, 0.4) is 0 Å². The first-order chi connectivity index (χ1) is 21.7. The Morgan fingerprint density at radius 1 is 1.07 bits per heavy atom. The summed E-state index contributed by atoms with van der Waals surface area (Å²) in [5.41, 5.74) is 2.39. The zero-order valence-corrected chi connectivity index (χ0v) is 28.0. The van der Waals surface area contributed by atoms with Crippen LogP contribution >= 0.6 is 0 Å². The van der Waals surface area contributed by atoms with Crippen LogP contribution in [0.25, 0.3) is 0 Å². The Hall–Kier alpha value is -2.57. The summed E-state index contributed by atoms with van der Waals surface area (Å²) in [7, 11) is 0. The van der Waals surface area contributed by atoms with Gasteiger partial charge < -0.3 is 40.2 Å². The number of rotatable bonds is 12. The fourth-order valence-electron chi connectivity index (χ4n) is 9.12. The number of hydrogen-bond acceptors (Lipinski definition) is 11. The summed E-state index contributed by atoms with van der Waals surface area (Å²) in [6, 6.07) is -1.01. The summed E-state index contributed by atoms with van der Waals surface area (Å²) in [5.74, 6) is -1.83. The second-order valence-electron chi connectivity index (χ2n) is 14.5. The molecule has 256 valence electrons. The van der Waals surface area contributed by atoms with Crippen LogP contribution in [0, 0.1) is 22.7 Å². The van der Waals surface area contributed by atoms with Gasteiger partial charge >= 0.3 is 11.9 Å². The van der Waals surface area contributed by atoms with E-state index in [1.54, 1.807) is 19.1 Å². The minimum absolute atomic E-state index is 0.115. The molecule has 1 unspecified atom stereocenters. The molecule has 2 bridgehead atoms. The van der Waals surface area contributed by atoms with E-state index in [1.807, 2.05) is 27.7 Å². The third-order valence-electron chi connectivity index (χ3n) is 11.7. The molecule has 0 saturated heterocycles. The molecule has 0 amide bonds. The van der Waals surface area contributed by atoms with Gasteiger partial charge in [0.05, 0.1) is 17.2 Å². The van der Waals surface area contributed by atoms with E-state index in [9.17, 15) is 30.0 Å². The molecular weight excluding hydrogens is 592 g/mol. The topological polar surface area (TPSA) is 186 Å². The fraction of sp³-hybridized carbons (Fsp3) is 0.743. The Morgan fingerprint density at radius 3 is 2.41 bits per heavy atom. The highest BCUT2D eigenvalue weighted by Crippen LogP contribution is 2.74. The number of aryl methyl sites for hydroxylation is 2. The van der Waals surface area contributed by atoms with Crippen LogP contribution in [0.5, 0.6) is 0 Å². The van der Waals surface area contributed by atoms with Gasteiger partial charge in [0.2, 0.25) is 0 Å². The smallest absolute Gasteiger partial charge is 0.344 e. The van der Waals surface area contributed by atoms with Crippen molar-refractivity contribution in [1.82, 2.24) is 5.16 Å². The van der Waals surface area contributed by atoms with E-state index >= 15 is 0 Å². The van der Waals surface area contributed by atoms with Crippen molar-refractivity contribution in [3.05, 3.63) is 40.3 Å². The molecule has 46 heavy (non-hydrogen) atoms. The number of carbonyl (C=O) groups is 2. The molecule has 11 nitrogen and oxygen atoms in total. The van der Waals surface area contributed by atoms with Gasteiger partial charge in [0.1, 0.15) is 35.6 Å². The van der Waals surface area contributed by atoms with Gasteiger partial charge in [0.15, 0.2) is 5.76 Å². The van der Waals surface area contributed by atoms with Crippen LogP contribution in [-0.4, -0.2) is 79.7 Å². The number of hydrogen-bond donors (Lipinski definition) is 5. The highest BCUT2D eigenvalue weighted by molar-refractivity contribution is 5.91. The monoisotopic (exact) mass is 644 g/mol. The number of fused-ring (bicyclic) bond motifs is 3. The van der Waals surface area contributed by atoms with E-state index in [2.05, 4.69) is 12.1 Å². The Morgan fingerprint density at radius 2 is 1.76 bits per heavy atom. The largest absolute Gasteiger partial charge is 0.458 e. The number of aromatic nitrogens is 1. The van der Waals surface area contributed by atoms with Crippen molar-refractivity contribution in [3.63, 3.8) is 0 Å². The van der Waals surface area contributed by atoms with Crippen LogP contribution in [0.2, 0.25) is 0 Å². The molecule has 1 heterocycles. The third kappa shape index (κ3) is 4.91. The predicted octanol–water partition coefficient (Wildman–Crippen LogP) is 3.30. The van der Waals surface area contributed by atoms with Crippen molar-refractivity contribution in [2.24, 2.45) is 28.4 Å². The second-order valence-corrected chi connectivity index (χ2v) is 14.5. The van der Waals surface area contributed by atoms with E-state index in [4.69, 9.17) is 19.7 Å². The average Bonchev–Trinajstić information content (AvgIpc) is 3.26. The molecule has 1 aromatic heterocycles. The van der Waals surface area contributed by atoms with E-state index in [0.29, 0.717) is 36.3 Å². The summed E-state index contributed by atoms with van der Waals surface area (Å²) < 4.78 is 17.4. The molecule has 9 atom stereocenters. The van der Waals surface area contributed by atoms with Crippen molar-refractivity contribution in [1.29, 1.82) is 0 Å². The summed E-state index contributed by atoms with van der Waals surface area (Å²) in [5, 5.41) is 52.0. The first kappa shape index (κ1) is 34.8. The molecule has 0 radical (unpaired) electrons. The first-order valence-electron chi connectivity index (χ1n) is 17.0. The fourth-order valence-corrected chi connectivity index (χ4v) is 9.12. The van der Waals surface area contributed by atoms with Gasteiger partial charge in [-0.25, -0.2) is 4.79 Å². The van der Waals surface area contributed by atoms with Gasteiger partial charge in [0, 0.05) is 42.6 Å². The Bertz CT molecular complexity index is 1380. The van der Waals surface area contributed by atoms with Gasteiger partial charge in [-0.05, 0) is 30.9 Å². The number of unbranched alkanes of at least 4 members (excludes halogenated alkanes) is 4. The normalized spacial score (nSPS) is 37.3. The number of nitrogens with two attached hydrogens (primary N) is 1. The zero-order valence-electron chi connectivity index (χ0n) is 28.0. The number of aliphatic hydroxyl groups excluding tert-OH is 3. The molecule has 1 spiro atoms. The van der Waals surface area contributed by atoms with Crippen molar-refractivity contribution < 1.29 is 44.0 Å². The number of nitrogens with zero attached hydrogens (tertiary/aromatic N) is 1. The SMILES string of the molecule is CCCCCCCC(=O)O[C@@]12C[C@@H](N)[C@]34C=C(C)[C@H](O)[C@@]3(O)[C@H](O)C(COC(=O)c3c(CC)noc3CC)=C[C@H](C4O)[C@@H]1C2(C)C. The molecule has 0 aliphatic heterocycles. The Labute approximate surface area is 271 Å². The molecule has 4 aliphatic rings. The summed E-state index contributed by atoms with van der Waals surface area (Å²) in [6.45, 7) is 10.9. The highest BCUT2D eigenvalue weighted by Gasteiger charge is 2.83. The van der Waals surface area contributed by atoms with Crippen molar-refractivity contribution in [3.8, 4) is 0 Å². The lowest BCUT2D eigenvalue weighted by Crippen LogP contribution is -2.69. The molecule has 1 aromatic rings. The summed E-state index contributed by atoms with van der Waals surface area (Å²) in [4.78, 5) is 26.6. The standard InChI is InChI=1S/C35H52N2O9/c1-7-10-11-12-13-14-25(38)45-34-17-24(36)33-16-19(4)28(39)35(33,43)29(40)20(15-21(30(33)41)27(34)32(34,5)6)18-44-31(42)26-22(8-2)37-46-23(26)9-3/h15-16,21,24,27-30,39-41,43H,7-14,17-18,36H2,1-6H3/t21-,24+,27+,28-,29+,30?,33-,34-,35+/m0/s1. The zero-order chi connectivity index (χ0) is 33.8. The molecule has 6 N–H and O–H groups in total. The van der Waals surface area contributed by atoms with Crippen LogP contribution in [0.15, 0.2) is 27.8 Å². The van der Waals surface area contributed by atoms with Crippen LogP contribution in [0.1, 0.15) is 108 Å². The number of carbonyl (C=O) groups excluding carboxylic acids is 2. The van der Waals surface area contributed by atoms with Gasteiger partial charge in [-0.2, -0.15) is 0 Å². The lowest BCUT2D eigenvalue weighted by atomic mass is 9.60. The van der Waals surface area contributed by atoms with Crippen molar-refractivity contribution in [2.45, 2.75) is 135 Å². The van der Waals surface area contributed by atoms with Crippen LogP contribution < -0.4 is 5.73 Å². The minimum Gasteiger partial charge on any atom is -0.458 e. The Balaban J connectivity index is 1.52. The molecule has 2 fully saturated rings. The number of aliphatic hydroxyl groups is 4. The van der Waals surface area contributed by atoms with Gasteiger partial charge in [0.25, 0.3) is 0 Å². The molecule has 0 aromatic carbocycles. The molecule has 4 aliphatic carbocycles. The Kier molecular flexibility index (Phi) is 9.42. The lowest BCUT2D eigenvalue weighted by Gasteiger charge is -2.51. The molecule has 11 heteroatoms. The summed E-state index contributed by atoms with van der Waals surface area (Å²) >= 11 is 0. The van der Waals surface area contributed by atoms with Crippen LogP contribution in [-0.2, 0) is 27.1 Å². The quantitative estimate of drug-likeness (QED) is 0.128. The minimum atomic E-state index is -2.35. The maximum absolute atomic E-state index is 13.3. The van der Waals surface area contributed by atoms with E-state index < -0.39 is 70.8 Å². The maximum atomic E-state index is 13.3.